The second-order valence-electron chi connectivity index (χ2n) is 2.05. The van der Waals surface area contributed by atoms with Gasteiger partial charge in [0.15, 0.2) is 0 Å². The van der Waals surface area contributed by atoms with E-state index in [2.05, 4.69) is 12.6 Å². The summed E-state index contributed by atoms with van der Waals surface area (Å²) >= 11 is 4.08. The van der Waals surface area contributed by atoms with Crippen LogP contribution >= 0.6 is 25.0 Å². The number of thiol groups is 1. The molecule has 0 bridgehead atoms. The third kappa shape index (κ3) is 2.61. The number of benzene rings is 1. The Bertz CT molecular complexity index is 242. The zero-order valence-corrected chi connectivity index (χ0v) is 7.53. The van der Waals surface area contributed by atoms with Crippen LogP contribution < -0.4 is 5.73 Å². The fraction of sp³-hybridized carbons (Fsp3) is 0.143. The minimum Gasteiger partial charge on any atom is -0.398 e. The molecule has 3 N–H and O–H groups in total. The standard InChI is InChI=1S/C7H9NOS.ClH/c8-6-3-5(4-9)1-2-7(6)10;/h1-3,9-10H,4,8H2;1H. The Morgan fingerprint density at radius 2 is 2.09 bits per heavy atom. The molecule has 0 unspecified atom stereocenters. The minimum absolute atomic E-state index is 0. The number of hydrogen-bond acceptors (Lipinski definition) is 3. The maximum absolute atomic E-state index is 8.67. The van der Waals surface area contributed by atoms with E-state index in [1.165, 1.54) is 0 Å². The van der Waals surface area contributed by atoms with Gasteiger partial charge in [0.25, 0.3) is 0 Å². The number of halogens is 1. The molecule has 0 aliphatic carbocycles. The lowest BCUT2D eigenvalue weighted by Gasteiger charge is -1.99. The van der Waals surface area contributed by atoms with Gasteiger partial charge in [0.1, 0.15) is 0 Å². The first-order valence-electron chi connectivity index (χ1n) is 2.92. The molecule has 0 aromatic heterocycles. The second-order valence-corrected chi connectivity index (χ2v) is 2.53. The fourth-order valence-electron chi connectivity index (χ4n) is 0.702. The van der Waals surface area contributed by atoms with Crippen molar-refractivity contribution in [2.24, 2.45) is 0 Å². The van der Waals surface area contributed by atoms with Crippen molar-refractivity contribution in [2.75, 3.05) is 5.73 Å². The van der Waals surface area contributed by atoms with E-state index in [1.54, 1.807) is 18.2 Å². The van der Waals surface area contributed by atoms with E-state index in [0.717, 1.165) is 10.5 Å². The monoisotopic (exact) mass is 191 g/mol. The molecule has 1 aromatic carbocycles. The van der Waals surface area contributed by atoms with E-state index < -0.39 is 0 Å². The van der Waals surface area contributed by atoms with Crippen molar-refractivity contribution in [1.29, 1.82) is 0 Å². The highest BCUT2D eigenvalue weighted by Crippen LogP contribution is 2.17. The van der Waals surface area contributed by atoms with Crippen molar-refractivity contribution in [3.63, 3.8) is 0 Å². The molecule has 1 aromatic rings. The molecule has 0 atom stereocenters. The van der Waals surface area contributed by atoms with E-state index in [-0.39, 0.29) is 19.0 Å². The van der Waals surface area contributed by atoms with Crippen molar-refractivity contribution in [1.82, 2.24) is 0 Å². The number of rotatable bonds is 1. The first-order valence-corrected chi connectivity index (χ1v) is 3.37. The first kappa shape index (κ1) is 10.6. The van der Waals surface area contributed by atoms with E-state index in [4.69, 9.17) is 10.8 Å². The van der Waals surface area contributed by atoms with E-state index in [9.17, 15) is 0 Å². The Hall–Kier alpha value is -0.380. The van der Waals surface area contributed by atoms with Crippen molar-refractivity contribution in [3.8, 4) is 0 Å². The molecule has 0 spiro atoms. The maximum atomic E-state index is 8.67. The number of hydrogen-bond donors (Lipinski definition) is 3. The SMILES string of the molecule is Cl.Nc1cc(CO)ccc1S. The van der Waals surface area contributed by atoms with Gasteiger partial charge in [-0.05, 0) is 17.7 Å². The predicted molar refractivity (Wildman–Crippen MR) is 51.3 cm³/mol. The molecule has 0 saturated carbocycles. The number of anilines is 1. The average molecular weight is 192 g/mol. The van der Waals surface area contributed by atoms with Crippen LogP contribution in [-0.4, -0.2) is 5.11 Å². The van der Waals surface area contributed by atoms with Crippen molar-refractivity contribution < 1.29 is 5.11 Å². The molecule has 2 nitrogen and oxygen atoms in total. The number of aliphatic hydroxyl groups excluding tert-OH is 1. The van der Waals surface area contributed by atoms with Gasteiger partial charge in [-0.2, -0.15) is 0 Å². The highest BCUT2D eigenvalue weighted by Gasteiger charge is 1.94. The predicted octanol–water partition coefficient (Wildman–Crippen LogP) is 1.47. The van der Waals surface area contributed by atoms with Crippen LogP contribution in [-0.2, 0) is 6.61 Å². The summed E-state index contributed by atoms with van der Waals surface area (Å²) in [7, 11) is 0. The normalized spacial score (nSPS) is 8.91. The van der Waals surface area contributed by atoms with Gasteiger partial charge in [-0.1, -0.05) is 6.07 Å². The molecule has 4 heteroatoms. The molecule has 11 heavy (non-hydrogen) atoms. The van der Waals surface area contributed by atoms with Crippen LogP contribution in [0.4, 0.5) is 5.69 Å². The number of nitrogens with two attached hydrogens (primary N) is 1. The third-order valence-electron chi connectivity index (χ3n) is 1.27. The topological polar surface area (TPSA) is 46.2 Å². The van der Waals surface area contributed by atoms with Crippen molar-refractivity contribution >= 4 is 30.7 Å². The second kappa shape index (κ2) is 4.49. The summed E-state index contributed by atoms with van der Waals surface area (Å²) in [5, 5.41) is 8.67. The lowest BCUT2D eigenvalue weighted by Crippen LogP contribution is -1.89. The zero-order valence-electron chi connectivity index (χ0n) is 5.82. The molecular formula is C7H10ClNOS. The van der Waals surface area contributed by atoms with E-state index in [0.29, 0.717) is 5.69 Å². The minimum atomic E-state index is 0. The number of nitrogen functional groups attached to an aromatic ring is 1. The van der Waals surface area contributed by atoms with Crippen molar-refractivity contribution in [2.45, 2.75) is 11.5 Å². The van der Waals surface area contributed by atoms with Gasteiger partial charge < -0.3 is 10.8 Å². The molecule has 0 radical (unpaired) electrons. The smallest absolute Gasteiger partial charge is 0.0682 e. The summed E-state index contributed by atoms with van der Waals surface area (Å²) in [5.41, 5.74) is 6.93. The number of aliphatic hydroxyl groups is 1. The summed E-state index contributed by atoms with van der Waals surface area (Å²) in [5.74, 6) is 0. The van der Waals surface area contributed by atoms with Crippen LogP contribution in [0.15, 0.2) is 23.1 Å². The summed E-state index contributed by atoms with van der Waals surface area (Å²) in [6.45, 7) is 0.0260. The molecule has 0 aliphatic rings. The van der Waals surface area contributed by atoms with Crippen LogP contribution in [0.2, 0.25) is 0 Å². The lowest BCUT2D eigenvalue weighted by atomic mass is 10.2. The molecule has 0 fully saturated rings. The van der Waals surface area contributed by atoms with Crippen LogP contribution in [0.3, 0.4) is 0 Å². The van der Waals surface area contributed by atoms with Gasteiger partial charge in [0.05, 0.1) is 6.61 Å². The van der Waals surface area contributed by atoms with Gasteiger partial charge in [-0.3, -0.25) is 0 Å². The zero-order chi connectivity index (χ0) is 7.56. The molecule has 1 rings (SSSR count). The Morgan fingerprint density at radius 3 is 2.55 bits per heavy atom. The molecule has 0 saturated heterocycles. The van der Waals surface area contributed by atoms with Gasteiger partial charge >= 0.3 is 0 Å². The highest BCUT2D eigenvalue weighted by atomic mass is 35.5. The summed E-state index contributed by atoms with van der Waals surface area (Å²) in [6, 6.07) is 5.27. The quantitative estimate of drug-likeness (QED) is 0.465. The van der Waals surface area contributed by atoms with Crippen LogP contribution in [0, 0.1) is 0 Å². The molecule has 0 heterocycles. The maximum Gasteiger partial charge on any atom is 0.0682 e. The molecule has 62 valence electrons. The first-order chi connectivity index (χ1) is 4.74. The summed E-state index contributed by atoms with van der Waals surface area (Å²) < 4.78 is 0. The Kier molecular flexibility index (Phi) is 4.33. The van der Waals surface area contributed by atoms with Crippen LogP contribution in [0.25, 0.3) is 0 Å². The van der Waals surface area contributed by atoms with E-state index in [1.807, 2.05) is 0 Å². The van der Waals surface area contributed by atoms with Gasteiger partial charge in [0.2, 0.25) is 0 Å². The highest BCUT2D eigenvalue weighted by molar-refractivity contribution is 7.80. The van der Waals surface area contributed by atoms with Crippen molar-refractivity contribution in [3.05, 3.63) is 23.8 Å². The molecular weight excluding hydrogens is 182 g/mol. The Labute approximate surface area is 77.2 Å². The van der Waals surface area contributed by atoms with Gasteiger partial charge in [-0.25, -0.2) is 0 Å². The largest absolute Gasteiger partial charge is 0.398 e. The molecule has 0 aliphatic heterocycles. The van der Waals surface area contributed by atoms with Crippen LogP contribution in [0.5, 0.6) is 0 Å². The van der Waals surface area contributed by atoms with E-state index >= 15 is 0 Å². The Balaban J connectivity index is 0.000001000. The fourth-order valence-corrected chi connectivity index (χ4v) is 0.841. The molecule has 0 amide bonds. The lowest BCUT2D eigenvalue weighted by molar-refractivity contribution is 0.282. The average Bonchev–Trinajstić information content (AvgIpc) is 1.95. The summed E-state index contributed by atoms with van der Waals surface area (Å²) in [6.07, 6.45) is 0. The van der Waals surface area contributed by atoms with Crippen LogP contribution in [0.1, 0.15) is 5.56 Å². The third-order valence-corrected chi connectivity index (χ3v) is 1.68. The summed E-state index contributed by atoms with van der Waals surface area (Å²) in [4.78, 5) is 0.747. The van der Waals surface area contributed by atoms with Gasteiger partial charge in [-0.15, -0.1) is 25.0 Å². The van der Waals surface area contributed by atoms with Gasteiger partial charge in [0, 0.05) is 10.6 Å². The Morgan fingerprint density at radius 1 is 1.45 bits per heavy atom.